The second kappa shape index (κ2) is 9.60. The molecule has 0 unspecified atom stereocenters. The Morgan fingerprint density at radius 1 is 1.11 bits per heavy atom. The van der Waals surface area contributed by atoms with Gasteiger partial charge in [-0.25, -0.2) is 0 Å². The summed E-state index contributed by atoms with van der Waals surface area (Å²) < 4.78 is 2.32. The average Bonchev–Trinajstić information content (AvgIpc) is 3.35. The Labute approximate surface area is 186 Å². The first-order chi connectivity index (χ1) is 13.3. The highest BCUT2D eigenvalue weighted by molar-refractivity contribution is 14.0. The van der Waals surface area contributed by atoms with Crippen LogP contribution < -0.4 is 10.6 Å². The maximum Gasteiger partial charge on any atom is 0.191 e. The minimum atomic E-state index is 0. The number of hydrogen-bond acceptors (Lipinski definition) is 4. The first kappa shape index (κ1) is 20.9. The van der Waals surface area contributed by atoms with E-state index in [4.69, 9.17) is 0 Å². The van der Waals surface area contributed by atoms with E-state index in [2.05, 4.69) is 56.2 Å². The Hall–Kier alpha value is -1.81. The highest BCUT2D eigenvalue weighted by Gasteiger charge is 2.43. The molecule has 0 bridgehead atoms. The van der Waals surface area contributed by atoms with Gasteiger partial charge in [-0.3, -0.25) is 9.39 Å². The van der Waals surface area contributed by atoms with Crippen molar-refractivity contribution in [3.05, 3.63) is 60.6 Å². The van der Waals surface area contributed by atoms with E-state index in [0.29, 0.717) is 4.75 Å². The topological polar surface area (TPSA) is 66.6 Å². The number of rotatable bonds is 7. The van der Waals surface area contributed by atoms with Crippen molar-refractivity contribution in [3.63, 3.8) is 0 Å². The number of nitrogens with zero attached hydrogens (tertiary/aromatic N) is 4. The lowest BCUT2D eigenvalue weighted by atomic mass is 10.4. The zero-order chi connectivity index (χ0) is 18.5. The number of halogens is 1. The second-order valence-corrected chi connectivity index (χ2v) is 8.29. The normalized spacial score (nSPS) is 15.1. The molecule has 0 spiro atoms. The summed E-state index contributed by atoms with van der Waals surface area (Å²) in [6.45, 7) is 1.67. The molecular weight excluding hydrogens is 483 g/mol. The van der Waals surface area contributed by atoms with Gasteiger partial charge in [0.15, 0.2) is 11.6 Å². The molecule has 0 amide bonds. The average molecular weight is 508 g/mol. The summed E-state index contributed by atoms with van der Waals surface area (Å²) in [7, 11) is 1.81. The maximum absolute atomic E-state index is 4.35. The molecule has 8 heteroatoms. The van der Waals surface area contributed by atoms with Crippen molar-refractivity contribution >= 4 is 47.3 Å². The summed E-state index contributed by atoms with van der Waals surface area (Å²) in [6, 6.07) is 16.5. The van der Waals surface area contributed by atoms with Gasteiger partial charge in [-0.15, -0.1) is 45.9 Å². The van der Waals surface area contributed by atoms with Gasteiger partial charge in [0, 0.05) is 42.4 Å². The maximum atomic E-state index is 4.35. The van der Waals surface area contributed by atoms with Crippen molar-refractivity contribution < 1.29 is 0 Å². The van der Waals surface area contributed by atoms with Crippen LogP contribution in [0, 0.1) is 0 Å². The van der Waals surface area contributed by atoms with Crippen LogP contribution in [0.4, 0.5) is 0 Å². The van der Waals surface area contributed by atoms with Crippen LogP contribution in [0.15, 0.2) is 64.6 Å². The highest BCUT2D eigenvalue weighted by Crippen LogP contribution is 2.51. The van der Waals surface area contributed by atoms with Crippen LogP contribution in [0.3, 0.4) is 0 Å². The summed E-state index contributed by atoms with van der Waals surface area (Å²) in [6.07, 6.45) is 5.26. The summed E-state index contributed by atoms with van der Waals surface area (Å²) in [5, 5.41) is 15.3. The molecule has 1 aromatic carbocycles. The Morgan fingerprint density at radius 2 is 1.89 bits per heavy atom. The number of aliphatic imine (C=N–C) groups is 1. The van der Waals surface area contributed by atoms with Crippen LogP contribution >= 0.6 is 35.7 Å². The largest absolute Gasteiger partial charge is 0.356 e. The quantitative estimate of drug-likeness (QED) is 0.291. The van der Waals surface area contributed by atoms with Gasteiger partial charge in [0.2, 0.25) is 0 Å². The van der Waals surface area contributed by atoms with Crippen LogP contribution in [0.5, 0.6) is 0 Å². The SMILES string of the molecule is CN=C(NCCc1nnc2ccccn12)NCC1(Sc2ccccc2)CC1.I. The molecular formula is C20H25IN6S. The Kier molecular flexibility index (Phi) is 7.17. The summed E-state index contributed by atoms with van der Waals surface area (Å²) in [4.78, 5) is 5.68. The molecule has 0 saturated heterocycles. The number of thioether (sulfide) groups is 1. The monoisotopic (exact) mass is 508 g/mol. The van der Waals surface area contributed by atoms with E-state index in [9.17, 15) is 0 Å². The van der Waals surface area contributed by atoms with Crippen molar-refractivity contribution in [2.24, 2.45) is 4.99 Å². The van der Waals surface area contributed by atoms with Crippen molar-refractivity contribution in [1.82, 2.24) is 25.2 Å². The summed E-state index contributed by atoms with van der Waals surface area (Å²) in [5.41, 5.74) is 0.878. The fraction of sp³-hybridized carbons (Fsp3) is 0.350. The van der Waals surface area contributed by atoms with Gasteiger partial charge in [-0.1, -0.05) is 24.3 Å². The molecule has 0 aliphatic heterocycles. The minimum Gasteiger partial charge on any atom is -0.356 e. The van der Waals surface area contributed by atoms with Gasteiger partial charge in [0.1, 0.15) is 5.82 Å². The molecule has 2 heterocycles. The Morgan fingerprint density at radius 3 is 2.64 bits per heavy atom. The zero-order valence-electron chi connectivity index (χ0n) is 15.8. The van der Waals surface area contributed by atoms with Crippen LogP contribution in [-0.2, 0) is 6.42 Å². The molecule has 28 heavy (non-hydrogen) atoms. The van der Waals surface area contributed by atoms with E-state index in [1.807, 2.05) is 47.6 Å². The van der Waals surface area contributed by atoms with E-state index < -0.39 is 0 Å². The number of aromatic nitrogens is 3. The Bertz CT molecular complexity index is 923. The number of pyridine rings is 1. The van der Waals surface area contributed by atoms with Gasteiger partial charge in [-0.2, -0.15) is 0 Å². The molecule has 1 aliphatic rings. The van der Waals surface area contributed by atoms with E-state index in [0.717, 1.165) is 36.9 Å². The molecule has 6 nitrogen and oxygen atoms in total. The van der Waals surface area contributed by atoms with Crippen LogP contribution in [-0.4, -0.2) is 45.4 Å². The van der Waals surface area contributed by atoms with Crippen LogP contribution in [0.1, 0.15) is 18.7 Å². The van der Waals surface area contributed by atoms with Gasteiger partial charge in [0.25, 0.3) is 0 Å². The van der Waals surface area contributed by atoms with E-state index >= 15 is 0 Å². The number of benzene rings is 1. The molecule has 0 radical (unpaired) electrons. The third-order valence-corrected chi connectivity index (χ3v) is 6.21. The molecule has 3 aromatic rings. The lowest BCUT2D eigenvalue weighted by Crippen LogP contribution is -2.42. The first-order valence-electron chi connectivity index (χ1n) is 9.25. The van der Waals surface area contributed by atoms with Gasteiger partial charge < -0.3 is 10.6 Å². The fourth-order valence-corrected chi connectivity index (χ4v) is 4.26. The Balaban J connectivity index is 0.00000225. The molecule has 148 valence electrons. The van der Waals surface area contributed by atoms with Crippen molar-refractivity contribution in [2.75, 3.05) is 20.1 Å². The van der Waals surface area contributed by atoms with Crippen molar-refractivity contribution in [1.29, 1.82) is 0 Å². The number of hydrogen-bond donors (Lipinski definition) is 2. The molecule has 1 saturated carbocycles. The van der Waals surface area contributed by atoms with Gasteiger partial charge in [-0.05, 0) is 37.1 Å². The van der Waals surface area contributed by atoms with E-state index in [1.54, 1.807) is 0 Å². The second-order valence-electron chi connectivity index (χ2n) is 6.75. The predicted molar refractivity (Wildman–Crippen MR) is 126 cm³/mol. The number of fused-ring (bicyclic) bond motifs is 1. The number of guanidine groups is 1. The summed E-state index contributed by atoms with van der Waals surface area (Å²) >= 11 is 1.97. The summed E-state index contributed by atoms with van der Waals surface area (Å²) in [5.74, 6) is 1.79. The fourth-order valence-electron chi connectivity index (χ4n) is 3.01. The van der Waals surface area contributed by atoms with Gasteiger partial charge in [0.05, 0.1) is 0 Å². The molecule has 1 aliphatic carbocycles. The number of nitrogens with one attached hydrogen (secondary N) is 2. The molecule has 0 atom stereocenters. The van der Waals surface area contributed by atoms with E-state index in [-0.39, 0.29) is 24.0 Å². The molecule has 2 N–H and O–H groups in total. The lowest BCUT2D eigenvalue weighted by Gasteiger charge is -2.18. The predicted octanol–water partition coefficient (Wildman–Crippen LogP) is 3.38. The van der Waals surface area contributed by atoms with Crippen molar-refractivity contribution in [2.45, 2.75) is 28.9 Å². The zero-order valence-corrected chi connectivity index (χ0v) is 19.0. The third-order valence-electron chi connectivity index (χ3n) is 4.71. The first-order valence-corrected chi connectivity index (χ1v) is 10.1. The van der Waals surface area contributed by atoms with Crippen LogP contribution in [0.2, 0.25) is 0 Å². The molecule has 1 fully saturated rings. The smallest absolute Gasteiger partial charge is 0.191 e. The lowest BCUT2D eigenvalue weighted by molar-refractivity contribution is 0.743. The van der Waals surface area contributed by atoms with Crippen molar-refractivity contribution in [3.8, 4) is 0 Å². The molecule has 4 rings (SSSR count). The third kappa shape index (κ3) is 5.16. The van der Waals surface area contributed by atoms with Crippen LogP contribution in [0.25, 0.3) is 5.65 Å². The standard InChI is InChI=1S/C20H24N6S.HI/c1-21-19(22-13-10-18-25-24-17-9-5-6-14-26(17)18)23-15-20(11-12-20)27-16-7-3-2-4-8-16;/h2-9,14H,10-13,15H2,1H3,(H2,21,22,23);1H. The molecule has 2 aromatic heterocycles. The van der Waals surface area contributed by atoms with E-state index in [1.165, 1.54) is 17.7 Å². The highest BCUT2D eigenvalue weighted by atomic mass is 127. The van der Waals surface area contributed by atoms with Gasteiger partial charge >= 0.3 is 0 Å². The minimum absolute atomic E-state index is 0.